The first-order chi connectivity index (χ1) is 11.6. The van der Waals surface area contributed by atoms with E-state index < -0.39 is 0 Å². The van der Waals surface area contributed by atoms with Gasteiger partial charge in [0.15, 0.2) is 0 Å². The van der Waals surface area contributed by atoms with Crippen molar-refractivity contribution in [1.82, 2.24) is 14.9 Å². The van der Waals surface area contributed by atoms with Crippen LogP contribution >= 0.6 is 15.9 Å². The van der Waals surface area contributed by atoms with Crippen LogP contribution in [-0.4, -0.2) is 40.0 Å². The zero-order valence-corrected chi connectivity index (χ0v) is 15.2. The lowest BCUT2D eigenvalue weighted by atomic mass is 10.1. The quantitative estimate of drug-likeness (QED) is 0.805. The minimum absolute atomic E-state index is 0.0543. The molecule has 1 atom stereocenters. The van der Waals surface area contributed by atoms with Crippen LogP contribution < -0.4 is 4.74 Å². The summed E-state index contributed by atoms with van der Waals surface area (Å²) in [6.45, 7) is 3.41. The lowest BCUT2D eigenvalue weighted by molar-refractivity contribution is -0.133. The van der Waals surface area contributed by atoms with E-state index in [0.717, 1.165) is 29.4 Å². The van der Waals surface area contributed by atoms with E-state index in [4.69, 9.17) is 4.74 Å². The topological polar surface area (TPSA) is 55.3 Å². The van der Waals surface area contributed by atoms with Gasteiger partial charge >= 0.3 is 6.01 Å². The number of rotatable bonds is 4. The average Bonchev–Trinajstić information content (AvgIpc) is 2.57. The van der Waals surface area contributed by atoms with Crippen molar-refractivity contribution in [2.45, 2.75) is 32.3 Å². The summed E-state index contributed by atoms with van der Waals surface area (Å²) in [5, 5.41) is 0. The fourth-order valence-corrected chi connectivity index (χ4v) is 3.08. The molecule has 0 aliphatic carbocycles. The number of halogens is 1. The minimum atomic E-state index is -0.0543. The Hall–Kier alpha value is -1.95. The molecule has 1 fully saturated rings. The lowest BCUT2D eigenvalue weighted by Crippen LogP contribution is -2.45. The van der Waals surface area contributed by atoms with Gasteiger partial charge in [-0.15, -0.1) is 0 Å². The third-order valence-corrected chi connectivity index (χ3v) is 4.45. The summed E-state index contributed by atoms with van der Waals surface area (Å²) in [4.78, 5) is 22.7. The van der Waals surface area contributed by atoms with Crippen molar-refractivity contribution < 1.29 is 9.53 Å². The van der Waals surface area contributed by atoms with Crippen LogP contribution in [0.3, 0.4) is 0 Å². The zero-order chi connectivity index (χ0) is 16.9. The Kier molecular flexibility index (Phi) is 5.45. The number of nitrogens with zero attached hydrogens (tertiary/aromatic N) is 3. The van der Waals surface area contributed by atoms with Crippen LogP contribution in [0.25, 0.3) is 0 Å². The van der Waals surface area contributed by atoms with E-state index in [1.165, 1.54) is 5.56 Å². The van der Waals surface area contributed by atoms with E-state index in [0.29, 0.717) is 19.0 Å². The predicted octanol–water partition coefficient (Wildman–Crippen LogP) is 3.16. The molecular formula is C18H20BrN3O2. The van der Waals surface area contributed by atoms with Crippen molar-refractivity contribution in [3.63, 3.8) is 0 Å². The third-order valence-electron chi connectivity index (χ3n) is 4.04. The summed E-state index contributed by atoms with van der Waals surface area (Å²) in [5.74, 6) is 0.144. The van der Waals surface area contributed by atoms with E-state index in [9.17, 15) is 4.79 Å². The molecule has 0 N–H and O–H groups in total. The highest BCUT2D eigenvalue weighted by atomic mass is 79.9. The van der Waals surface area contributed by atoms with Gasteiger partial charge in [-0.1, -0.05) is 29.8 Å². The smallest absolute Gasteiger partial charge is 0.316 e. The van der Waals surface area contributed by atoms with Gasteiger partial charge in [0.1, 0.15) is 6.10 Å². The van der Waals surface area contributed by atoms with Gasteiger partial charge in [0.05, 0.1) is 17.4 Å². The number of hydrogen-bond acceptors (Lipinski definition) is 4. The molecule has 1 saturated heterocycles. The third kappa shape index (κ3) is 4.54. The van der Waals surface area contributed by atoms with Gasteiger partial charge < -0.3 is 9.64 Å². The van der Waals surface area contributed by atoms with Gasteiger partial charge in [-0.3, -0.25) is 4.79 Å². The molecule has 2 heterocycles. The summed E-state index contributed by atoms with van der Waals surface area (Å²) in [7, 11) is 0. The normalized spacial score (nSPS) is 17.6. The van der Waals surface area contributed by atoms with Crippen LogP contribution in [0.4, 0.5) is 0 Å². The number of hydrogen-bond donors (Lipinski definition) is 0. The molecule has 1 aromatic heterocycles. The molecule has 126 valence electrons. The van der Waals surface area contributed by atoms with E-state index in [1.807, 2.05) is 30.0 Å². The van der Waals surface area contributed by atoms with Crippen LogP contribution in [0.1, 0.15) is 24.0 Å². The van der Waals surface area contributed by atoms with Crippen LogP contribution in [0.15, 0.2) is 41.1 Å². The minimum Gasteiger partial charge on any atom is -0.458 e. The molecule has 0 radical (unpaired) electrons. The van der Waals surface area contributed by atoms with Crippen molar-refractivity contribution in [3.8, 4) is 6.01 Å². The van der Waals surface area contributed by atoms with Crippen molar-refractivity contribution in [1.29, 1.82) is 0 Å². The van der Waals surface area contributed by atoms with Crippen molar-refractivity contribution in [2.24, 2.45) is 0 Å². The summed E-state index contributed by atoms with van der Waals surface area (Å²) in [6.07, 6.45) is 5.54. The van der Waals surface area contributed by atoms with Gasteiger partial charge in [0.25, 0.3) is 0 Å². The molecule has 1 amide bonds. The van der Waals surface area contributed by atoms with Crippen LogP contribution in [0.5, 0.6) is 6.01 Å². The Labute approximate surface area is 150 Å². The van der Waals surface area contributed by atoms with Gasteiger partial charge in [0.2, 0.25) is 5.91 Å². The molecule has 1 unspecified atom stereocenters. The first kappa shape index (κ1) is 16.9. The number of piperidine rings is 1. The molecule has 24 heavy (non-hydrogen) atoms. The maximum atomic E-state index is 12.6. The number of aromatic nitrogens is 2. The fourth-order valence-electron chi connectivity index (χ4n) is 2.88. The number of likely N-dealkylation sites (tertiary alicyclic amines) is 1. The predicted molar refractivity (Wildman–Crippen MR) is 94.8 cm³/mol. The summed E-state index contributed by atoms with van der Waals surface area (Å²) in [5.41, 5.74) is 2.23. The molecule has 6 heteroatoms. The van der Waals surface area contributed by atoms with Gasteiger partial charge in [-0.25, -0.2) is 9.97 Å². The Balaban J connectivity index is 1.58. The average molecular weight is 390 g/mol. The molecule has 0 spiro atoms. The van der Waals surface area contributed by atoms with Crippen molar-refractivity contribution in [2.75, 3.05) is 13.1 Å². The van der Waals surface area contributed by atoms with Gasteiger partial charge in [-0.2, -0.15) is 0 Å². The SMILES string of the molecule is Cc1cccc(CC(=O)N2CCCC(Oc3ncc(Br)cn3)C2)c1. The Morgan fingerprint density at radius 2 is 2.17 bits per heavy atom. The Morgan fingerprint density at radius 1 is 1.38 bits per heavy atom. The van der Waals surface area contributed by atoms with Crippen LogP contribution in [0, 0.1) is 6.92 Å². The molecule has 5 nitrogen and oxygen atoms in total. The summed E-state index contributed by atoms with van der Waals surface area (Å²) >= 11 is 3.30. The molecule has 1 aliphatic rings. The number of aryl methyl sites for hydroxylation is 1. The number of ether oxygens (including phenoxy) is 1. The molecular weight excluding hydrogens is 370 g/mol. The van der Waals surface area contributed by atoms with Crippen LogP contribution in [0.2, 0.25) is 0 Å². The van der Waals surface area contributed by atoms with Crippen molar-refractivity contribution >= 4 is 21.8 Å². The zero-order valence-electron chi connectivity index (χ0n) is 13.6. The highest BCUT2D eigenvalue weighted by Gasteiger charge is 2.25. The first-order valence-corrected chi connectivity index (χ1v) is 8.87. The number of benzene rings is 1. The Bertz CT molecular complexity index is 706. The Morgan fingerprint density at radius 3 is 2.92 bits per heavy atom. The second-order valence-electron chi connectivity index (χ2n) is 6.07. The first-order valence-electron chi connectivity index (χ1n) is 8.07. The molecule has 0 saturated carbocycles. The maximum absolute atomic E-state index is 12.6. The van der Waals surface area contributed by atoms with Gasteiger partial charge in [-0.05, 0) is 41.3 Å². The summed E-state index contributed by atoms with van der Waals surface area (Å²) < 4.78 is 6.64. The summed E-state index contributed by atoms with van der Waals surface area (Å²) in [6, 6.07) is 8.45. The monoisotopic (exact) mass is 389 g/mol. The fraction of sp³-hybridized carbons (Fsp3) is 0.389. The highest BCUT2D eigenvalue weighted by Crippen LogP contribution is 2.17. The second-order valence-corrected chi connectivity index (χ2v) is 6.99. The number of carbonyl (C=O) groups is 1. The van der Waals surface area contributed by atoms with E-state index in [2.05, 4.69) is 32.0 Å². The van der Waals surface area contributed by atoms with Gasteiger partial charge in [0, 0.05) is 18.9 Å². The molecule has 1 aliphatic heterocycles. The van der Waals surface area contributed by atoms with Crippen molar-refractivity contribution in [3.05, 3.63) is 52.3 Å². The van der Waals surface area contributed by atoms with E-state index in [1.54, 1.807) is 12.4 Å². The molecule has 0 bridgehead atoms. The molecule has 1 aromatic carbocycles. The maximum Gasteiger partial charge on any atom is 0.316 e. The molecule has 3 rings (SSSR count). The number of amides is 1. The largest absolute Gasteiger partial charge is 0.458 e. The van der Waals surface area contributed by atoms with Crippen LogP contribution in [-0.2, 0) is 11.2 Å². The van der Waals surface area contributed by atoms with E-state index in [-0.39, 0.29) is 12.0 Å². The standard InChI is InChI=1S/C18H20BrN3O2/c1-13-4-2-5-14(8-13)9-17(23)22-7-3-6-16(12-22)24-18-20-10-15(19)11-21-18/h2,4-5,8,10-11,16H,3,6-7,9,12H2,1H3. The second kappa shape index (κ2) is 7.75. The van der Waals surface area contributed by atoms with E-state index >= 15 is 0 Å². The highest BCUT2D eigenvalue weighted by molar-refractivity contribution is 9.10. The lowest BCUT2D eigenvalue weighted by Gasteiger charge is -2.32. The number of carbonyl (C=O) groups excluding carboxylic acids is 1. The molecule has 2 aromatic rings.